The third-order valence-corrected chi connectivity index (χ3v) is 2.53. The molecule has 1 aliphatic rings. The predicted octanol–water partition coefficient (Wildman–Crippen LogP) is 2.44. The highest BCUT2D eigenvalue weighted by molar-refractivity contribution is 5.80. The molecule has 2 rings (SSSR count). The second-order valence-corrected chi connectivity index (χ2v) is 3.58. The lowest BCUT2D eigenvalue weighted by Crippen LogP contribution is -2.07. The second kappa shape index (κ2) is 4.13. The van der Waals surface area contributed by atoms with E-state index in [4.69, 9.17) is 5.11 Å². The van der Waals surface area contributed by atoms with Crippen molar-refractivity contribution in [2.24, 2.45) is 0 Å². The van der Waals surface area contributed by atoms with Gasteiger partial charge in [-0.15, -0.1) is 0 Å². The molecule has 0 atom stereocenters. The van der Waals surface area contributed by atoms with Crippen molar-refractivity contribution in [2.75, 3.05) is 0 Å². The molecule has 1 aromatic carbocycles. The lowest BCUT2D eigenvalue weighted by atomic mass is 9.87. The molecule has 76 valence electrons. The zero-order chi connectivity index (χ0) is 10.7. The van der Waals surface area contributed by atoms with Crippen molar-refractivity contribution in [1.29, 1.82) is 0 Å². The number of carboxylic acid groups (broad SMARTS) is 1. The topological polar surface area (TPSA) is 37.3 Å². The van der Waals surface area contributed by atoms with Gasteiger partial charge in [-0.1, -0.05) is 36.4 Å². The largest absolute Gasteiger partial charge is 0.478 e. The summed E-state index contributed by atoms with van der Waals surface area (Å²) in [6.07, 6.45) is 8.67. The molecule has 0 fully saturated rings. The number of benzene rings is 1. The Hall–Kier alpha value is -1.83. The van der Waals surface area contributed by atoms with E-state index in [1.165, 1.54) is 30.0 Å². The lowest BCUT2D eigenvalue weighted by molar-refractivity contribution is -0.131. The highest BCUT2D eigenvalue weighted by Gasteiger charge is 2.11. The van der Waals surface area contributed by atoms with E-state index in [0.29, 0.717) is 0 Å². The molecule has 0 amide bonds. The van der Waals surface area contributed by atoms with Crippen LogP contribution < -0.4 is 0 Å². The van der Waals surface area contributed by atoms with Crippen LogP contribution in [0.5, 0.6) is 0 Å². The molecule has 2 heteroatoms. The SMILES string of the molecule is O=C(O)C=CC=Cc1ccc2c(c1)CC2. The van der Waals surface area contributed by atoms with E-state index < -0.39 is 5.97 Å². The zero-order valence-corrected chi connectivity index (χ0v) is 8.31. The van der Waals surface area contributed by atoms with E-state index >= 15 is 0 Å². The number of carboxylic acids is 1. The fourth-order valence-corrected chi connectivity index (χ4v) is 1.62. The van der Waals surface area contributed by atoms with E-state index in [0.717, 1.165) is 11.6 Å². The second-order valence-electron chi connectivity index (χ2n) is 3.58. The molecule has 1 N–H and O–H groups in total. The van der Waals surface area contributed by atoms with Gasteiger partial charge in [-0.05, 0) is 29.5 Å². The maximum Gasteiger partial charge on any atom is 0.328 e. The summed E-state index contributed by atoms with van der Waals surface area (Å²) in [4.78, 5) is 10.2. The van der Waals surface area contributed by atoms with Crippen molar-refractivity contribution in [3.05, 3.63) is 53.1 Å². The summed E-state index contributed by atoms with van der Waals surface area (Å²) in [7, 11) is 0. The molecule has 0 aromatic heterocycles. The number of hydrogen-bond donors (Lipinski definition) is 1. The Morgan fingerprint density at radius 1 is 1.20 bits per heavy atom. The van der Waals surface area contributed by atoms with Crippen LogP contribution in [-0.2, 0) is 17.6 Å². The Morgan fingerprint density at radius 3 is 2.60 bits per heavy atom. The predicted molar refractivity (Wildman–Crippen MR) is 59.7 cm³/mol. The third-order valence-electron chi connectivity index (χ3n) is 2.53. The minimum Gasteiger partial charge on any atom is -0.478 e. The molecular weight excluding hydrogens is 188 g/mol. The average Bonchev–Trinajstić information content (AvgIpc) is 2.16. The highest BCUT2D eigenvalue weighted by atomic mass is 16.4. The molecule has 0 spiro atoms. The fraction of sp³-hybridized carbons (Fsp3) is 0.154. The number of fused-ring (bicyclic) bond motifs is 1. The number of hydrogen-bond acceptors (Lipinski definition) is 1. The van der Waals surface area contributed by atoms with Crippen LogP contribution in [0.1, 0.15) is 16.7 Å². The highest BCUT2D eigenvalue weighted by Crippen LogP contribution is 2.23. The first-order valence-corrected chi connectivity index (χ1v) is 4.95. The van der Waals surface area contributed by atoms with Gasteiger partial charge >= 0.3 is 5.97 Å². The Labute approximate surface area is 88.6 Å². The van der Waals surface area contributed by atoms with E-state index in [2.05, 4.69) is 18.2 Å². The number of aliphatic carboxylic acids is 1. The van der Waals surface area contributed by atoms with Gasteiger partial charge in [0.1, 0.15) is 0 Å². The van der Waals surface area contributed by atoms with Gasteiger partial charge in [-0.2, -0.15) is 0 Å². The van der Waals surface area contributed by atoms with Crippen LogP contribution in [0.25, 0.3) is 6.08 Å². The summed E-state index contributed by atoms with van der Waals surface area (Å²) in [6.45, 7) is 0. The van der Waals surface area contributed by atoms with Crippen LogP contribution in [0.2, 0.25) is 0 Å². The van der Waals surface area contributed by atoms with Crippen molar-refractivity contribution < 1.29 is 9.90 Å². The van der Waals surface area contributed by atoms with Gasteiger partial charge in [0, 0.05) is 6.08 Å². The molecule has 0 aliphatic heterocycles. The number of aryl methyl sites for hydroxylation is 2. The smallest absolute Gasteiger partial charge is 0.328 e. The lowest BCUT2D eigenvalue weighted by Gasteiger charge is -2.18. The quantitative estimate of drug-likeness (QED) is 0.601. The van der Waals surface area contributed by atoms with Crippen LogP contribution in [-0.4, -0.2) is 11.1 Å². The number of rotatable bonds is 3. The van der Waals surface area contributed by atoms with Crippen molar-refractivity contribution in [3.8, 4) is 0 Å². The van der Waals surface area contributed by atoms with Gasteiger partial charge in [0.15, 0.2) is 0 Å². The van der Waals surface area contributed by atoms with Crippen LogP contribution in [0.15, 0.2) is 36.4 Å². The zero-order valence-electron chi connectivity index (χ0n) is 8.31. The summed E-state index contributed by atoms with van der Waals surface area (Å²) in [5.41, 5.74) is 3.98. The first-order chi connectivity index (χ1) is 7.25. The molecular formula is C13H12O2. The Morgan fingerprint density at radius 2 is 2.00 bits per heavy atom. The van der Waals surface area contributed by atoms with Crippen LogP contribution in [0.3, 0.4) is 0 Å². The van der Waals surface area contributed by atoms with E-state index in [1.54, 1.807) is 6.08 Å². The molecule has 1 aromatic rings. The fourth-order valence-electron chi connectivity index (χ4n) is 1.62. The van der Waals surface area contributed by atoms with Gasteiger partial charge < -0.3 is 5.11 Å². The first-order valence-electron chi connectivity index (χ1n) is 4.95. The van der Waals surface area contributed by atoms with Crippen LogP contribution >= 0.6 is 0 Å². The van der Waals surface area contributed by atoms with Gasteiger partial charge in [0.05, 0.1) is 0 Å². The van der Waals surface area contributed by atoms with Gasteiger partial charge in [0.2, 0.25) is 0 Å². The first kappa shape index (κ1) is 9.71. The summed E-state index contributed by atoms with van der Waals surface area (Å²) in [5.74, 6) is -0.920. The molecule has 0 bridgehead atoms. The Bertz CT molecular complexity index is 442. The molecule has 0 radical (unpaired) electrons. The summed E-state index contributed by atoms with van der Waals surface area (Å²) < 4.78 is 0. The summed E-state index contributed by atoms with van der Waals surface area (Å²) in [5, 5.41) is 8.38. The summed E-state index contributed by atoms with van der Waals surface area (Å²) in [6, 6.07) is 6.35. The molecule has 2 nitrogen and oxygen atoms in total. The van der Waals surface area contributed by atoms with Crippen molar-refractivity contribution in [2.45, 2.75) is 12.8 Å². The van der Waals surface area contributed by atoms with Crippen LogP contribution in [0, 0.1) is 0 Å². The standard InChI is InChI=1S/C13H12O2/c14-13(15)4-2-1-3-10-5-6-11-7-8-12(11)9-10/h1-6,9H,7-8H2,(H,14,15). The summed E-state index contributed by atoms with van der Waals surface area (Å²) >= 11 is 0. The minimum absolute atomic E-state index is 0.920. The van der Waals surface area contributed by atoms with Crippen LogP contribution in [0.4, 0.5) is 0 Å². The Kier molecular flexibility index (Phi) is 2.68. The minimum atomic E-state index is -0.920. The molecule has 1 aliphatic carbocycles. The van der Waals surface area contributed by atoms with E-state index in [9.17, 15) is 4.79 Å². The molecule has 15 heavy (non-hydrogen) atoms. The molecule has 0 saturated carbocycles. The number of carbonyl (C=O) groups is 1. The molecule has 0 unspecified atom stereocenters. The van der Waals surface area contributed by atoms with Gasteiger partial charge in [0.25, 0.3) is 0 Å². The van der Waals surface area contributed by atoms with E-state index in [-0.39, 0.29) is 0 Å². The third kappa shape index (κ3) is 2.34. The maximum absolute atomic E-state index is 10.2. The maximum atomic E-state index is 10.2. The average molecular weight is 200 g/mol. The van der Waals surface area contributed by atoms with Crippen molar-refractivity contribution in [3.63, 3.8) is 0 Å². The molecule has 0 saturated heterocycles. The van der Waals surface area contributed by atoms with Crippen molar-refractivity contribution >= 4 is 12.0 Å². The molecule has 0 heterocycles. The van der Waals surface area contributed by atoms with Crippen molar-refractivity contribution in [1.82, 2.24) is 0 Å². The van der Waals surface area contributed by atoms with E-state index in [1.807, 2.05) is 6.08 Å². The number of allylic oxidation sites excluding steroid dienone is 2. The Balaban J connectivity index is 2.04. The monoisotopic (exact) mass is 200 g/mol. The normalized spacial score (nSPS) is 14.1. The van der Waals surface area contributed by atoms with Gasteiger partial charge in [-0.25, -0.2) is 4.79 Å². The van der Waals surface area contributed by atoms with Gasteiger partial charge in [-0.3, -0.25) is 0 Å².